The van der Waals surface area contributed by atoms with Gasteiger partial charge in [-0.05, 0) is 12.1 Å². The highest BCUT2D eigenvalue weighted by molar-refractivity contribution is 5.88. The van der Waals surface area contributed by atoms with E-state index in [0.717, 1.165) is 12.3 Å². The van der Waals surface area contributed by atoms with Crippen LogP contribution in [0.5, 0.6) is 0 Å². The number of nitrogens with zero attached hydrogens (tertiary/aromatic N) is 2. The summed E-state index contributed by atoms with van der Waals surface area (Å²) in [6.45, 7) is 0. The van der Waals surface area contributed by atoms with Gasteiger partial charge in [0.15, 0.2) is 5.82 Å². The maximum Gasteiger partial charge on any atom is 0.356 e. The Balaban J connectivity index is 3.12. The number of carbonyl (C=O) groups excluding carboxylic acids is 1. The second-order valence-corrected chi connectivity index (χ2v) is 2.30. The van der Waals surface area contributed by atoms with Crippen LogP contribution in [0.25, 0.3) is 0 Å². The summed E-state index contributed by atoms with van der Waals surface area (Å²) in [6.07, 6.45) is 0.793. The molecule has 6 heteroatoms. The van der Waals surface area contributed by atoms with Gasteiger partial charge >= 0.3 is 5.97 Å². The van der Waals surface area contributed by atoms with Crippen molar-refractivity contribution in [3.63, 3.8) is 0 Å². The normalized spacial score (nSPS) is 10.4. The van der Waals surface area contributed by atoms with E-state index in [1.807, 2.05) is 0 Å². The molecule has 0 saturated heterocycles. The van der Waals surface area contributed by atoms with Crippen molar-refractivity contribution < 1.29 is 19.1 Å². The van der Waals surface area contributed by atoms with Crippen LogP contribution in [0, 0.1) is 5.82 Å². The Morgan fingerprint density at radius 2 is 2.43 bits per heavy atom. The minimum atomic E-state index is -0.685. The molecule has 0 unspecified atom stereocenters. The zero-order valence-corrected chi connectivity index (χ0v) is 7.27. The number of hydrogen-bond acceptors (Lipinski definition) is 5. The number of hydrogen-bond donors (Lipinski definition) is 1. The molecule has 0 aliphatic rings. The van der Waals surface area contributed by atoms with Crippen molar-refractivity contribution in [3.8, 4) is 0 Å². The number of halogens is 1. The van der Waals surface area contributed by atoms with Crippen LogP contribution >= 0.6 is 0 Å². The maximum absolute atomic E-state index is 12.9. The first kappa shape index (κ1) is 10.1. The van der Waals surface area contributed by atoms with Gasteiger partial charge in [-0.15, -0.1) is 0 Å². The van der Waals surface area contributed by atoms with Crippen LogP contribution in [0.3, 0.4) is 0 Å². The molecule has 0 aliphatic carbocycles. The molecule has 1 rings (SSSR count). The van der Waals surface area contributed by atoms with E-state index in [4.69, 9.17) is 5.21 Å². The molecule has 1 N–H and O–H groups in total. The van der Waals surface area contributed by atoms with Gasteiger partial charge in [-0.3, -0.25) is 0 Å². The minimum Gasteiger partial charge on any atom is -0.464 e. The van der Waals surface area contributed by atoms with Crippen LogP contribution < -0.4 is 0 Å². The van der Waals surface area contributed by atoms with Crippen molar-refractivity contribution in [1.82, 2.24) is 4.98 Å². The lowest BCUT2D eigenvalue weighted by molar-refractivity contribution is 0.0594. The van der Waals surface area contributed by atoms with E-state index >= 15 is 0 Å². The first-order valence-corrected chi connectivity index (χ1v) is 3.61. The van der Waals surface area contributed by atoms with Crippen LogP contribution in [0.4, 0.5) is 4.39 Å². The third-order valence-electron chi connectivity index (χ3n) is 1.45. The fraction of sp³-hybridized carbons (Fsp3) is 0.125. The molecule has 0 fully saturated rings. The predicted molar refractivity (Wildman–Crippen MR) is 44.9 cm³/mol. The van der Waals surface area contributed by atoms with Crippen LogP contribution in [0.15, 0.2) is 17.3 Å². The number of rotatable bonds is 2. The number of ether oxygens (including phenoxy) is 1. The minimum absolute atomic E-state index is 0.0520. The van der Waals surface area contributed by atoms with Crippen LogP contribution in [-0.4, -0.2) is 29.5 Å². The van der Waals surface area contributed by atoms with Crippen LogP contribution in [0.2, 0.25) is 0 Å². The topological polar surface area (TPSA) is 71.8 Å². The second-order valence-electron chi connectivity index (χ2n) is 2.30. The smallest absolute Gasteiger partial charge is 0.356 e. The van der Waals surface area contributed by atoms with Gasteiger partial charge in [0.25, 0.3) is 0 Å². The highest BCUT2D eigenvalue weighted by Crippen LogP contribution is 2.04. The number of pyridine rings is 1. The van der Waals surface area contributed by atoms with E-state index in [-0.39, 0.29) is 11.4 Å². The monoisotopic (exact) mass is 198 g/mol. The number of aromatic nitrogens is 1. The summed E-state index contributed by atoms with van der Waals surface area (Å²) in [6, 6.07) is 2.21. The third-order valence-corrected chi connectivity index (χ3v) is 1.45. The van der Waals surface area contributed by atoms with Crippen molar-refractivity contribution in [1.29, 1.82) is 0 Å². The Kier molecular flexibility index (Phi) is 3.11. The molecule has 1 aromatic rings. The van der Waals surface area contributed by atoms with Crippen molar-refractivity contribution in [2.24, 2.45) is 5.16 Å². The Morgan fingerprint density at radius 3 is 3.00 bits per heavy atom. The number of carbonyl (C=O) groups is 1. The van der Waals surface area contributed by atoms with E-state index in [9.17, 15) is 9.18 Å². The van der Waals surface area contributed by atoms with Crippen molar-refractivity contribution in [2.75, 3.05) is 7.11 Å². The molecule has 0 bridgehead atoms. The molecule has 0 amide bonds. The molecule has 0 aromatic carbocycles. The summed E-state index contributed by atoms with van der Waals surface area (Å²) in [5.74, 6) is -1.37. The van der Waals surface area contributed by atoms with Crippen molar-refractivity contribution >= 4 is 12.2 Å². The molecule has 0 atom stereocenters. The average Bonchev–Trinajstić information content (AvgIpc) is 2.20. The summed E-state index contributed by atoms with van der Waals surface area (Å²) in [4.78, 5) is 14.5. The molecule has 74 valence electrons. The van der Waals surface area contributed by atoms with E-state index in [1.54, 1.807) is 0 Å². The summed E-state index contributed by atoms with van der Waals surface area (Å²) in [5.41, 5.74) is -0.279. The molecule has 14 heavy (non-hydrogen) atoms. The Morgan fingerprint density at radius 1 is 1.71 bits per heavy atom. The largest absolute Gasteiger partial charge is 0.464 e. The average molecular weight is 198 g/mol. The van der Waals surface area contributed by atoms with Gasteiger partial charge in [0.1, 0.15) is 11.4 Å². The molecule has 0 aliphatic heterocycles. The summed E-state index contributed by atoms with van der Waals surface area (Å²) < 4.78 is 17.3. The fourth-order valence-corrected chi connectivity index (χ4v) is 0.821. The third kappa shape index (κ3) is 2.03. The number of oxime groups is 1. The quantitative estimate of drug-likeness (QED) is 0.330. The van der Waals surface area contributed by atoms with Gasteiger partial charge in [0, 0.05) is 0 Å². The molecular formula is C8H7FN2O3. The lowest BCUT2D eigenvalue weighted by Crippen LogP contribution is -2.07. The Bertz CT molecular complexity index is 379. The first-order chi connectivity index (χ1) is 6.69. The van der Waals surface area contributed by atoms with Gasteiger partial charge in [0.05, 0.1) is 13.3 Å². The van der Waals surface area contributed by atoms with Gasteiger partial charge in [-0.1, -0.05) is 5.16 Å². The van der Waals surface area contributed by atoms with Gasteiger partial charge in [-0.25, -0.2) is 14.2 Å². The maximum atomic E-state index is 12.9. The second kappa shape index (κ2) is 4.31. The lowest BCUT2D eigenvalue weighted by atomic mass is 10.3. The Hall–Kier alpha value is -1.98. The van der Waals surface area contributed by atoms with Crippen molar-refractivity contribution in [2.45, 2.75) is 0 Å². The van der Waals surface area contributed by atoms with E-state index in [2.05, 4.69) is 14.9 Å². The zero-order valence-electron chi connectivity index (χ0n) is 7.27. The predicted octanol–water partition coefficient (Wildman–Crippen LogP) is 0.815. The SMILES string of the molecule is COC(=O)c1ccc(F)c(/C=N\O)n1. The number of esters is 1. The van der Waals surface area contributed by atoms with Crippen LogP contribution in [-0.2, 0) is 4.74 Å². The zero-order chi connectivity index (χ0) is 10.6. The van der Waals surface area contributed by atoms with Gasteiger partial charge < -0.3 is 9.94 Å². The van der Waals surface area contributed by atoms with Gasteiger partial charge in [-0.2, -0.15) is 0 Å². The molecule has 5 nitrogen and oxygen atoms in total. The molecular weight excluding hydrogens is 191 g/mol. The van der Waals surface area contributed by atoms with Gasteiger partial charge in [0.2, 0.25) is 0 Å². The molecule has 0 radical (unpaired) electrons. The Labute approximate surface area is 78.8 Å². The number of methoxy groups -OCH3 is 1. The molecule has 0 spiro atoms. The van der Waals surface area contributed by atoms with E-state index in [0.29, 0.717) is 0 Å². The molecule has 1 aromatic heterocycles. The summed E-state index contributed by atoms with van der Waals surface area (Å²) >= 11 is 0. The van der Waals surface area contributed by atoms with Crippen LogP contribution in [0.1, 0.15) is 16.2 Å². The molecule has 1 heterocycles. The fourth-order valence-electron chi connectivity index (χ4n) is 0.821. The lowest BCUT2D eigenvalue weighted by Gasteiger charge is -1.99. The summed E-state index contributed by atoms with van der Waals surface area (Å²) in [5, 5.41) is 10.8. The highest BCUT2D eigenvalue weighted by Gasteiger charge is 2.10. The first-order valence-electron chi connectivity index (χ1n) is 3.61. The van der Waals surface area contributed by atoms with E-state index in [1.165, 1.54) is 13.2 Å². The van der Waals surface area contributed by atoms with E-state index < -0.39 is 11.8 Å². The summed E-state index contributed by atoms with van der Waals surface area (Å²) in [7, 11) is 1.19. The highest BCUT2D eigenvalue weighted by atomic mass is 19.1. The van der Waals surface area contributed by atoms with Crippen molar-refractivity contribution in [3.05, 3.63) is 29.3 Å². The standard InChI is InChI=1S/C8H7FN2O3/c1-14-8(12)6-3-2-5(9)7(11-6)4-10-13/h2-4,13H,1H3/b10-4-. The molecule has 0 saturated carbocycles.